The molecule has 200 valence electrons. The fourth-order valence-electron chi connectivity index (χ4n) is 3.98. The largest absolute Gasteiger partial charge is 0.359 e. The van der Waals surface area contributed by atoms with Crippen LogP contribution in [0.25, 0.3) is 22.3 Å². The molecule has 5 aromatic rings. The molecule has 1 amide bonds. The van der Waals surface area contributed by atoms with Crippen molar-refractivity contribution in [3.05, 3.63) is 78.3 Å². The molecular formula is C28H28N6O4S. The van der Waals surface area contributed by atoms with E-state index in [0.717, 1.165) is 27.9 Å². The Morgan fingerprint density at radius 3 is 2.36 bits per heavy atom. The van der Waals surface area contributed by atoms with E-state index in [4.69, 9.17) is 4.52 Å². The number of H-pyrrole nitrogens is 1. The van der Waals surface area contributed by atoms with E-state index in [9.17, 15) is 13.2 Å². The van der Waals surface area contributed by atoms with E-state index in [0.29, 0.717) is 23.0 Å². The van der Waals surface area contributed by atoms with Gasteiger partial charge < -0.3 is 20.1 Å². The first kappa shape index (κ1) is 26.1. The maximum atomic E-state index is 12.5. The van der Waals surface area contributed by atoms with Crippen LogP contribution in [0, 0.1) is 0 Å². The number of carbonyl (C=O) groups excluding carboxylic acids is 1. The number of benzene rings is 2. The van der Waals surface area contributed by atoms with Gasteiger partial charge in [0.15, 0.2) is 15.7 Å². The first-order chi connectivity index (χ1) is 18.5. The van der Waals surface area contributed by atoms with Crippen molar-refractivity contribution in [1.29, 1.82) is 0 Å². The van der Waals surface area contributed by atoms with Gasteiger partial charge in [-0.15, -0.1) is 0 Å². The molecule has 0 radical (unpaired) electrons. The van der Waals surface area contributed by atoms with Crippen molar-refractivity contribution in [2.75, 3.05) is 16.9 Å². The van der Waals surface area contributed by atoms with Crippen molar-refractivity contribution in [3.63, 3.8) is 0 Å². The zero-order valence-electron chi connectivity index (χ0n) is 21.9. The van der Waals surface area contributed by atoms with E-state index < -0.39 is 9.84 Å². The second-order valence-electron chi connectivity index (χ2n) is 10.3. The van der Waals surface area contributed by atoms with Crippen molar-refractivity contribution in [1.82, 2.24) is 20.1 Å². The number of sulfone groups is 1. The maximum absolute atomic E-state index is 12.5. The van der Waals surface area contributed by atoms with Crippen molar-refractivity contribution < 1.29 is 17.7 Å². The van der Waals surface area contributed by atoms with Crippen LogP contribution in [0.3, 0.4) is 0 Å². The Morgan fingerprint density at radius 2 is 1.72 bits per heavy atom. The van der Waals surface area contributed by atoms with Crippen molar-refractivity contribution in [2.24, 2.45) is 0 Å². The normalized spacial score (nSPS) is 12.0. The van der Waals surface area contributed by atoms with Crippen molar-refractivity contribution in [3.8, 4) is 11.3 Å². The number of hydrogen-bond donors (Lipinski definition) is 3. The summed E-state index contributed by atoms with van der Waals surface area (Å²) >= 11 is 0. The molecule has 39 heavy (non-hydrogen) atoms. The molecule has 10 nitrogen and oxygen atoms in total. The molecule has 0 aliphatic carbocycles. The minimum absolute atomic E-state index is 0.189. The summed E-state index contributed by atoms with van der Waals surface area (Å²) in [4.78, 5) is 24.7. The maximum Gasteiger partial charge on any atom is 0.230 e. The highest BCUT2D eigenvalue weighted by Crippen LogP contribution is 2.29. The molecule has 0 unspecified atom stereocenters. The minimum atomic E-state index is -3.27. The summed E-state index contributed by atoms with van der Waals surface area (Å²) in [5.74, 6) is 1.52. The summed E-state index contributed by atoms with van der Waals surface area (Å²) in [7, 11) is -3.27. The molecule has 0 aliphatic heterocycles. The van der Waals surface area contributed by atoms with Gasteiger partial charge in [0.1, 0.15) is 23.6 Å². The van der Waals surface area contributed by atoms with Crippen LogP contribution in [0.4, 0.5) is 17.3 Å². The molecule has 3 N–H and O–H groups in total. The van der Waals surface area contributed by atoms with Crippen LogP contribution in [-0.4, -0.2) is 40.7 Å². The standard InChI is InChI=1S/C28H28N6O4S/c1-28(2,3)23-15-24(34-38-23)33-25(35)13-17-5-9-19(10-6-17)31-26-21-14-22(32-27(21)30-16-29-26)18-7-11-20(12-8-18)39(4,36)37/h5-12,14-16H,13H2,1-4H3,(H,33,34,35)(H2,29,30,31,32). The molecule has 0 saturated heterocycles. The number of anilines is 3. The first-order valence-corrected chi connectivity index (χ1v) is 14.1. The fourth-order valence-corrected chi connectivity index (χ4v) is 4.61. The highest BCUT2D eigenvalue weighted by Gasteiger charge is 2.20. The molecule has 5 rings (SSSR count). The lowest BCUT2D eigenvalue weighted by Crippen LogP contribution is -2.14. The lowest BCUT2D eigenvalue weighted by atomic mass is 9.93. The fraction of sp³-hybridized carbons (Fsp3) is 0.214. The summed E-state index contributed by atoms with van der Waals surface area (Å²) < 4.78 is 28.8. The number of aromatic amines is 1. The molecule has 0 fully saturated rings. The van der Waals surface area contributed by atoms with Gasteiger partial charge in [-0.2, -0.15) is 0 Å². The van der Waals surface area contributed by atoms with E-state index in [1.807, 2.05) is 51.1 Å². The predicted octanol–water partition coefficient (Wildman–Crippen LogP) is 5.24. The topological polar surface area (TPSA) is 143 Å². The summed E-state index contributed by atoms with van der Waals surface area (Å²) in [6.45, 7) is 6.03. The molecule has 0 aliphatic rings. The first-order valence-electron chi connectivity index (χ1n) is 12.2. The second kappa shape index (κ2) is 9.99. The van der Waals surface area contributed by atoms with Gasteiger partial charge in [-0.3, -0.25) is 4.79 Å². The van der Waals surface area contributed by atoms with Crippen LogP contribution in [0.15, 0.2) is 76.4 Å². The summed E-state index contributed by atoms with van der Waals surface area (Å²) in [6.07, 6.45) is 2.83. The van der Waals surface area contributed by atoms with Crippen molar-refractivity contribution in [2.45, 2.75) is 37.5 Å². The molecule has 0 saturated carbocycles. The van der Waals surface area contributed by atoms with Gasteiger partial charge in [-0.1, -0.05) is 50.2 Å². The monoisotopic (exact) mass is 544 g/mol. The summed E-state index contributed by atoms with van der Waals surface area (Å²) in [6, 6.07) is 17.8. The third-order valence-corrected chi connectivity index (χ3v) is 7.25. The van der Waals surface area contributed by atoms with E-state index >= 15 is 0 Å². The van der Waals surface area contributed by atoms with Crippen LogP contribution in [0.2, 0.25) is 0 Å². The third-order valence-electron chi connectivity index (χ3n) is 6.12. The molecule has 0 spiro atoms. The lowest BCUT2D eigenvalue weighted by molar-refractivity contribution is -0.115. The van der Waals surface area contributed by atoms with Gasteiger partial charge in [0.2, 0.25) is 5.91 Å². The Hall–Kier alpha value is -4.51. The number of carbonyl (C=O) groups is 1. The van der Waals surface area contributed by atoms with Crippen LogP contribution >= 0.6 is 0 Å². The van der Waals surface area contributed by atoms with Gasteiger partial charge in [0.05, 0.1) is 16.7 Å². The summed E-state index contributed by atoms with van der Waals surface area (Å²) in [5.41, 5.74) is 3.70. The second-order valence-corrected chi connectivity index (χ2v) is 12.4. The highest BCUT2D eigenvalue weighted by molar-refractivity contribution is 7.90. The Labute approximate surface area is 225 Å². The smallest absolute Gasteiger partial charge is 0.230 e. The quantitative estimate of drug-likeness (QED) is 0.252. The molecule has 3 heterocycles. The molecule has 3 aromatic heterocycles. The van der Waals surface area contributed by atoms with Crippen LogP contribution in [-0.2, 0) is 26.5 Å². The average molecular weight is 545 g/mol. The van der Waals surface area contributed by atoms with Crippen LogP contribution in [0.5, 0.6) is 0 Å². The zero-order valence-corrected chi connectivity index (χ0v) is 22.8. The average Bonchev–Trinajstić information content (AvgIpc) is 3.53. The van der Waals surface area contributed by atoms with E-state index in [1.54, 1.807) is 30.3 Å². The van der Waals surface area contributed by atoms with Gasteiger partial charge >= 0.3 is 0 Å². The Morgan fingerprint density at radius 1 is 1.00 bits per heavy atom. The van der Waals surface area contributed by atoms with Crippen LogP contribution < -0.4 is 10.6 Å². The number of nitrogens with zero attached hydrogens (tertiary/aromatic N) is 3. The highest BCUT2D eigenvalue weighted by atomic mass is 32.2. The van der Waals surface area contributed by atoms with Gasteiger partial charge in [-0.25, -0.2) is 18.4 Å². The number of aromatic nitrogens is 4. The Balaban J connectivity index is 1.27. The van der Waals surface area contributed by atoms with E-state index in [2.05, 4.69) is 30.7 Å². The van der Waals surface area contributed by atoms with Gasteiger partial charge in [-0.05, 0) is 41.5 Å². The summed E-state index contributed by atoms with van der Waals surface area (Å²) in [5, 5.41) is 10.8. The molecule has 0 atom stereocenters. The Kier molecular flexibility index (Phi) is 6.69. The number of amides is 1. The molecule has 2 aromatic carbocycles. The van der Waals surface area contributed by atoms with Gasteiger partial charge in [0, 0.05) is 29.1 Å². The lowest BCUT2D eigenvalue weighted by Gasteiger charge is -2.12. The Bertz CT molecular complexity index is 1750. The number of nitrogens with one attached hydrogen (secondary N) is 3. The molecular weight excluding hydrogens is 516 g/mol. The number of rotatable bonds is 7. The van der Waals surface area contributed by atoms with E-state index in [1.165, 1.54) is 12.6 Å². The van der Waals surface area contributed by atoms with Crippen molar-refractivity contribution >= 4 is 44.1 Å². The van der Waals surface area contributed by atoms with E-state index in [-0.39, 0.29) is 22.6 Å². The molecule has 0 bridgehead atoms. The number of fused-ring (bicyclic) bond motifs is 1. The predicted molar refractivity (Wildman–Crippen MR) is 150 cm³/mol. The van der Waals surface area contributed by atoms with Gasteiger partial charge in [0.25, 0.3) is 0 Å². The minimum Gasteiger partial charge on any atom is -0.359 e. The SMILES string of the molecule is CC(C)(C)c1cc(NC(=O)Cc2ccc(Nc3ncnc4[nH]c(-c5ccc(S(C)(=O)=O)cc5)cc34)cc2)no1. The molecule has 11 heteroatoms. The zero-order chi connectivity index (χ0) is 27.8. The third kappa shape index (κ3) is 5.99. The number of hydrogen-bond acceptors (Lipinski definition) is 8. The van der Waals surface area contributed by atoms with Crippen LogP contribution in [0.1, 0.15) is 32.1 Å².